The minimum absolute atomic E-state index is 0.0115. The van der Waals surface area contributed by atoms with Gasteiger partial charge in [0.1, 0.15) is 0 Å². The zero-order chi connectivity index (χ0) is 13.2. The van der Waals surface area contributed by atoms with Crippen LogP contribution in [0.4, 0.5) is 0 Å². The Morgan fingerprint density at radius 3 is 2.56 bits per heavy atom. The molecule has 2 atom stereocenters. The molecule has 1 heterocycles. The quantitative estimate of drug-likeness (QED) is 0.529. The predicted octanol–water partition coefficient (Wildman–Crippen LogP) is -1.21. The van der Waals surface area contributed by atoms with Gasteiger partial charge in [0.25, 0.3) is 0 Å². The first-order valence-corrected chi connectivity index (χ1v) is 8.20. The van der Waals surface area contributed by atoms with E-state index in [1.165, 1.54) is 0 Å². The summed E-state index contributed by atoms with van der Waals surface area (Å²) in [7, 11) is -3.10. The molecule has 0 aromatic rings. The van der Waals surface area contributed by atoms with Crippen molar-refractivity contribution < 1.29 is 18.3 Å². The Balaban J connectivity index is 1.59. The van der Waals surface area contributed by atoms with Crippen LogP contribution in [0, 0.1) is 0 Å². The van der Waals surface area contributed by atoms with Crippen molar-refractivity contribution in [2.45, 2.75) is 43.9 Å². The highest BCUT2D eigenvalue weighted by Gasteiger charge is 2.35. The summed E-state index contributed by atoms with van der Waals surface area (Å²) in [6.45, 7) is 0.551. The highest BCUT2D eigenvalue weighted by Crippen LogP contribution is 2.18. The van der Waals surface area contributed by atoms with Crippen molar-refractivity contribution in [3.05, 3.63) is 0 Å². The van der Waals surface area contributed by atoms with Crippen molar-refractivity contribution >= 4 is 15.7 Å². The van der Waals surface area contributed by atoms with Gasteiger partial charge in [-0.15, -0.1) is 0 Å². The molecule has 7 heteroatoms. The fourth-order valence-electron chi connectivity index (χ4n) is 2.09. The topological polar surface area (TPSA) is 95.5 Å². The lowest BCUT2D eigenvalue weighted by Gasteiger charge is -2.14. The molecule has 6 nitrogen and oxygen atoms in total. The molecular formula is C11H20N2O4S. The maximum Gasteiger partial charge on any atom is 0.220 e. The van der Waals surface area contributed by atoms with E-state index in [9.17, 15) is 18.3 Å². The fourth-order valence-corrected chi connectivity index (χ4v) is 3.86. The van der Waals surface area contributed by atoms with Crippen LogP contribution in [0.3, 0.4) is 0 Å². The van der Waals surface area contributed by atoms with Gasteiger partial charge in [0.15, 0.2) is 9.84 Å². The number of rotatable bonds is 6. The SMILES string of the molecule is O=C(CCCNC1CS(=O)(=O)CC1O)NC1CC1. The molecule has 1 amide bonds. The Labute approximate surface area is 107 Å². The molecule has 104 valence electrons. The normalized spacial score (nSPS) is 30.3. The van der Waals surface area contributed by atoms with E-state index >= 15 is 0 Å². The highest BCUT2D eigenvalue weighted by atomic mass is 32.2. The van der Waals surface area contributed by atoms with Crippen LogP contribution in [-0.4, -0.2) is 55.7 Å². The first-order valence-electron chi connectivity index (χ1n) is 6.37. The second-order valence-corrected chi connectivity index (χ2v) is 7.30. The Morgan fingerprint density at radius 2 is 2.00 bits per heavy atom. The van der Waals surface area contributed by atoms with E-state index < -0.39 is 15.9 Å². The lowest BCUT2D eigenvalue weighted by molar-refractivity contribution is -0.121. The Morgan fingerprint density at radius 1 is 1.28 bits per heavy atom. The third kappa shape index (κ3) is 4.22. The summed E-state index contributed by atoms with van der Waals surface area (Å²) in [5, 5.41) is 15.4. The average molecular weight is 276 g/mol. The minimum Gasteiger partial charge on any atom is -0.390 e. The van der Waals surface area contributed by atoms with Crippen LogP contribution < -0.4 is 10.6 Å². The smallest absolute Gasteiger partial charge is 0.220 e. The summed E-state index contributed by atoms with van der Waals surface area (Å²) in [5.74, 6) is -0.117. The van der Waals surface area contributed by atoms with E-state index in [1.54, 1.807) is 0 Å². The molecule has 3 N–H and O–H groups in total. The number of carbonyl (C=O) groups is 1. The van der Waals surface area contributed by atoms with Crippen molar-refractivity contribution in [3.63, 3.8) is 0 Å². The van der Waals surface area contributed by atoms with E-state index in [1.807, 2.05) is 0 Å². The lowest BCUT2D eigenvalue weighted by Crippen LogP contribution is -2.39. The Hall–Kier alpha value is -0.660. The standard InChI is InChI=1S/C11H20N2O4S/c14-10-7-18(16,17)6-9(10)12-5-1-2-11(15)13-8-3-4-8/h8-10,12,14H,1-7H2,(H,13,15). The molecule has 0 bridgehead atoms. The van der Waals surface area contributed by atoms with Gasteiger partial charge in [-0.25, -0.2) is 8.42 Å². The summed E-state index contributed by atoms with van der Waals surface area (Å²) in [6, 6.07) is -0.00579. The summed E-state index contributed by atoms with van der Waals surface area (Å²) < 4.78 is 22.5. The number of carbonyl (C=O) groups excluding carboxylic acids is 1. The molecule has 2 rings (SSSR count). The van der Waals surface area contributed by atoms with Crippen molar-refractivity contribution in [1.29, 1.82) is 0 Å². The monoisotopic (exact) mass is 276 g/mol. The number of aliphatic hydroxyl groups excluding tert-OH is 1. The Kier molecular flexibility index (Phi) is 4.24. The lowest BCUT2D eigenvalue weighted by atomic mass is 10.2. The van der Waals surface area contributed by atoms with Gasteiger partial charge in [0, 0.05) is 18.5 Å². The molecule has 18 heavy (non-hydrogen) atoms. The Bertz CT molecular complexity index is 405. The van der Waals surface area contributed by atoms with E-state index in [4.69, 9.17) is 0 Å². The van der Waals surface area contributed by atoms with Crippen LogP contribution in [0.15, 0.2) is 0 Å². The van der Waals surface area contributed by atoms with Gasteiger partial charge in [-0.05, 0) is 25.8 Å². The first-order chi connectivity index (χ1) is 8.46. The van der Waals surface area contributed by atoms with Gasteiger partial charge in [-0.3, -0.25) is 4.79 Å². The molecule has 1 aliphatic heterocycles. The van der Waals surface area contributed by atoms with E-state index in [0.717, 1.165) is 12.8 Å². The van der Waals surface area contributed by atoms with Gasteiger partial charge >= 0.3 is 0 Å². The van der Waals surface area contributed by atoms with Crippen molar-refractivity contribution in [3.8, 4) is 0 Å². The van der Waals surface area contributed by atoms with Gasteiger partial charge in [0.2, 0.25) is 5.91 Å². The fraction of sp³-hybridized carbons (Fsp3) is 0.909. The highest BCUT2D eigenvalue weighted by molar-refractivity contribution is 7.91. The molecule has 0 aromatic carbocycles. The number of sulfone groups is 1. The second-order valence-electron chi connectivity index (χ2n) is 5.15. The molecule has 0 radical (unpaired) electrons. The predicted molar refractivity (Wildman–Crippen MR) is 66.9 cm³/mol. The van der Waals surface area contributed by atoms with Crippen LogP contribution in [0.25, 0.3) is 0 Å². The van der Waals surface area contributed by atoms with Crippen LogP contribution in [0.1, 0.15) is 25.7 Å². The molecule has 1 saturated carbocycles. The molecule has 0 aromatic heterocycles. The summed E-state index contributed by atoms with van der Waals surface area (Å²) in [4.78, 5) is 11.4. The maximum absolute atomic E-state index is 11.4. The minimum atomic E-state index is -3.10. The molecular weight excluding hydrogens is 256 g/mol. The molecule has 1 saturated heterocycles. The number of amides is 1. The second kappa shape index (κ2) is 5.54. The summed E-state index contributed by atoms with van der Waals surface area (Å²) in [6.07, 6.45) is 2.43. The average Bonchev–Trinajstić information content (AvgIpc) is 3.00. The third-order valence-corrected chi connectivity index (χ3v) is 4.97. The molecule has 0 spiro atoms. The van der Waals surface area contributed by atoms with Crippen LogP contribution in [-0.2, 0) is 14.6 Å². The summed E-state index contributed by atoms with van der Waals surface area (Å²) in [5.41, 5.74) is 0. The van der Waals surface area contributed by atoms with E-state index in [0.29, 0.717) is 25.4 Å². The van der Waals surface area contributed by atoms with Crippen molar-refractivity contribution in [2.24, 2.45) is 0 Å². The zero-order valence-corrected chi connectivity index (χ0v) is 11.1. The number of aliphatic hydroxyl groups is 1. The van der Waals surface area contributed by atoms with Crippen LogP contribution >= 0.6 is 0 Å². The van der Waals surface area contributed by atoms with Crippen LogP contribution in [0.2, 0.25) is 0 Å². The van der Waals surface area contributed by atoms with E-state index in [2.05, 4.69) is 10.6 Å². The van der Waals surface area contributed by atoms with E-state index in [-0.39, 0.29) is 23.5 Å². The number of hydrogen-bond acceptors (Lipinski definition) is 5. The largest absolute Gasteiger partial charge is 0.390 e. The summed E-state index contributed by atoms with van der Waals surface area (Å²) >= 11 is 0. The van der Waals surface area contributed by atoms with Crippen molar-refractivity contribution in [1.82, 2.24) is 10.6 Å². The van der Waals surface area contributed by atoms with Crippen molar-refractivity contribution in [2.75, 3.05) is 18.1 Å². The molecule has 2 aliphatic rings. The molecule has 2 unspecified atom stereocenters. The third-order valence-electron chi connectivity index (χ3n) is 3.25. The number of nitrogens with one attached hydrogen (secondary N) is 2. The zero-order valence-electron chi connectivity index (χ0n) is 10.3. The number of hydrogen-bond donors (Lipinski definition) is 3. The molecule has 1 aliphatic carbocycles. The van der Waals surface area contributed by atoms with Gasteiger partial charge < -0.3 is 15.7 Å². The van der Waals surface area contributed by atoms with Gasteiger partial charge in [0.05, 0.1) is 17.6 Å². The van der Waals surface area contributed by atoms with Crippen LogP contribution in [0.5, 0.6) is 0 Å². The van der Waals surface area contributed by atoms with Gasteiger partial charge in [-0.1, -0.05) is 0 Å². The maximum atomic E-state index is 11.4. The first kappa shape index (κ1) is 13.8. The molecule has 2 fully saturated rings. The van der Waals surface area contributed by atoms with Gasteiger partial charge in [-0.2, -0.15) is 0 Å².